The first kappa shape index (κ1) is 24.6. The van der Waals surface area contributed by atoms with Gasteiger partial charge in [0.25, 0.3) is 0 Å². The number of nitrogens with one attached hydrogen (secondary N) is 1. The molecule has 0 unspecified atom stereocenters. The number of hydrogen-bond donors (Lipinski definition) is 1. The third-order valence-corrected chi connectivity index (χ3v) is 7.56. The summed E-state index contributed by atoms with van der Waals surface area (Å²) in [6.07, 6.45) is 0. The average molecular weight is 512 g/mol. The van der Waals surface area contributed by atoms with E-state index in [1.54, 1.807) is 55.5 Å². The highest BCUT2D eigenvalue weighted by Gasteiger charge is 2.27. The van der Waals surface area contributed by atoms with Gasteiger partial charge >= 0.3 is 0 Å². The SMILES string of the molecule is Cc1ccc(S(=O)(=O)N(CC(=O)Nc2ccc(Cl)cc2C)Cc2ccc(Cl)c(Cl)c2)cc1. The van der Waals surface area contributed by atoms with Gasteiger partial charge in [0, 0.05) is 17.3 Å². The summed E-state index contributed by atoms with van der Waals surface area (Å²) >= 11 is 18.1. The monoisotopic (exact) mass is 510 g/mol. The maximum atomic E-state index is 13.4. The first-order chi connectivity index (χ1) is 15.1. The number of amides is 1. The van der Waals surface area contributed by atoms with E-state index >= 15 is 0 Å². The van der Waals surface area contributed by atoms with Crippen molar-refractivity contribution in [2.45, 2.75) is 25.3 Å². The van der Waals surface area contributed by atoms with Crippen molar-refractivity contribution in [3.63, 3.8) is 0 Å². The summed E-state index contributed by atoms with van der Waals surface area (Å²) in [4.78, 5) is 12.9. The van der Waals surface area contributed by atoms with Crippen LogP contribution in [0.4, 0.5) is 5.69 Å². The second-order valence-electron chi connectivity index (χ2n) is 7.34. The fourth-order valence-electron chi connectivity index (χ4n) is 3.04. The van der Waals surface area contributed by atoms with Crippen LogP contribution in [0.3, 0.4) is 0 Å². The van der Waals surface area contributed by atoms with Gasteiger partial charge in [0.1, 0.15) is 0 Å². The van der Waals surface area contributed by atoms with E-state index < -0.39 is 22.5 Å². The van der Waals surface area contributed by atoms with Crippen molar-refractivity contribution in [1.29, 1.82) is 0 Å². The predicted octanol–water partition coefficient (Wildman–Crippen LogP) is 6.09. The molecule has 0 aromatic heterocycles. The number of halogens is 3. The van der Waals surface area contributed by atoms with Gasteiger partial charge in [-0.1, -0.05) is 58.6 Å². The first-order valence-electron chi connectivity index (χ1n) is 9.63. The molecule has 0 aliphatic carbocycles. The van der Waals surface area contributed by atoms with Crippen LogP contribution < -0.4 is 5.32 Å². The largest absolute Gasteiger partial charge is 0.325 e. The Morgan fingerprint density at radius 1 is 0.906 bits per heavy atom. The molecule has 1 amide bonds. The second kappa shape index (κ2) is 10.2. The number of anilines is 1. The summed E-state index contributed by atoms with van der Waals surface area (Å²) in [6.45, 7) is 3.22. The molecule has 0 aliphatic rings. The van der Waals surface area contributed by atoms with E-state index in [1.807, 2.05) is 6.92 Å². The summed E-state index contributed by atoms with van der Waals surface area (Å²) in [5.41, 5.74) is 2.85. The molecule has 5 nitrogen and oxygen atoms in total. The van der Waals surface area contributed by atoms with Gasteiger partial charge in [0.05, 0.1) is 21.5 Å². The lowest BCUT2D eigenvalue weighted by molar-refractivity contribution is -0.116. The summed E-state index contributed by atoms with van der Waals surface area (Å²) in [6, 6.07) is 16.4. The normalized spacial score (nSPS) is 11.6. The molecule has 0 saturated heterocycles. The van der Waals surface area contributed by atoms with Gasteiger partial charge in [-0.2, -0.15) is 4.31 Å². The summed E-state index contributed by atoms with van der Waals surface area (Å²) in [5.74, 6) is -0.480. The first-order valence-corrected chi connectivity index (χ1v) is 12.2. The number of rotatable bonds is 7. The molecular weight excluding hydrogens is 491 g/mol. The molecule has 32 heavy (non-hydrogen) atoms. The number of carbonyl (C=O) groups excluding carboxylic acids is 1. The highest BCUT2D eigenvalue weighted by molar-refractivity contribution is 7.89. The maximum absolute atomic E-state index is 13.4. The number of nitrogens with zero attached hydrogens (tertiary/aromatic N) is 1. The average Bonchev–Trinajstić information content (AvgIpc) is 2.72. The van der Waals surface area contributed by atoms with E-state index in [0.717, 1.165) is 15.4 Å². The van der Waals surface area contributed by atoms with Crippen LogP contribution in [0.15, 0.2) is 65.6 Å². The fourth-order valence-corrected chi connectivity index (χ4v) is 4.98. The Kier molecular flexibility index (Phi) is 7.85. The van der Waals surface area contributed by atoms with E-state index in [4.69, 9.17) is 34.8 Å². The standard InChI is InChI=1S/C23H21Cl3N2O3S/c1-15-3-7-19(8-4-15)32(30,31)28(13-17-5-9-20(25)21(26)12-17)14-23(29)27-22-10-6-18(24)11-16(22)2/h3-12H,13-14H2,1-2H3,(H,27,29). The number of carbonyl (C=O) groups is 1. The molecule has 0 aliphatic heterocycles. The van der Waals surface area contributed by atoms with Crippen molar-refractivity contribution in [3.05, 3.63) is 92.4 Å². The van der Waals surface area contributed by atoms with Crippen LogP contribution in [-0.2, 0) is 21.4 Å². The van der Waals surface area contributed by atoms with Crippen LogP contribution in [0.5, 0.6) is 0 Å². The minimum Gasteiger partial charge on any atom is -0.325 e. The molecule has 0 saturated carbocycles. The Hall–Kier alpha value is -2.09. The molecule has 1 N–H and O–H groups in total. The Morgan fingerprint density at radius 2 is 1.59 bits per heavy atom. The quantitative estimate of drug-likeness (QED) is 0.417. The molecule has 3 aromatic rings. The molecule has 0 bridgehead atoms. The number of sulfonamides is 1. The lowest BCUT2D eigenvalue weighted by Crippen LogP contribution is -2.37. The smallest absolute Gasteiger partial charge is 0.243 e. The van der Waals surface area contributed by atoms with Gasteiger partial charge in [-0.05, 0) is 67.4 Å². The van der Waals surface area contributed by atoms with Crippen molar-refractivity contribution in [2.24, 2.45) is 0 Å². The van der Waals surface area contributed by atoms with Crippen LogP contribution in [0.25, 0.3) is 0 Å². The van der Waals surface area contributed by atoms with Gasteiger partial charge in [0.15, 0.2) is 0 Å². The summed E-state index contributed by atoms with van der Waals surface area (Å²) < 4.78 is 27.8. The van der Waals surface area contributed by atoms with Crippen LogP contribution in [0.1, 0.15) is 16.7 Å². The fraction of sp³-hybridized carbons (Fsp3) is 0.174. The van der Waals surface area contributed by atoms with Gasteiger partial charge in [-0.3, -0.25) is 4.79 Å². The number of aryl methyl sites for hydroxylation is 2. The summed E-state index contributed by atoms with van der Waals surface area (Å²) in [7, 11) is -3.97. The van der Waals surface area contributed by atoms with Crippen molar-refractivity contribution in [1.82, 2.24) is 4.31 Å². The Bertz CT molecular complexity index is 1250. The molecule has 0 heterocycles. The zero-order chi connectivity index (χ0) is 23.5. The van der Waals surface area contributed by atoms with E-state index in [2.05, 4.69) is 5.32 Å². The summed E-state index contributed by atoms with van der Waals surface area (Å²) in [5, 5.41) is 3.97. The predicted molar refractivity (Wildman–Crippen MR) is 130 cm³/mol. The van der Waals surface area contributed by atoms with Crippen LogP contribution in [0.2, 0.25) is 15.1 Å². The molecule has 0 radical (unpaired) electrons. The molecule has 0 spiro atoms. The highest BCUT2D eigenvalue weighted by Crippen LogP contribution is 2.26. The lowest BCUT2D eigenvalue weighted by Gasteiger charge is -2.22. The Balaban J connectivity index is 1.90. The molecule has 0 atom stereocenters. The second-order valence-corrected chi connectivity index (χ2v) is 10.5. The molecule has 9 heteroatoms. The zero-order valence-corrected chi connectivity index (χ0v) is 20.5. The molecule has 168 valence electrons. The van der Waals surface area contributed by atoms with Gasteiger partial charge < -0.3 is 5.32 Å². The Labute approximate surface area is 203 Å². The van der Waals surface area contributed by atoms with Crippen LogP contribution in [-0.4, -0.2) is 25.2 Å². The molecule has 3 rings (SSSR count). The van der Waals surface area contributed by atoms with E-state index in [9.17, 15) is 13.2 Å². The molecular formula is C23H21Cl3N2O3S. The van der Waals surface area contributed by atoms with Crippen molar-refractivity contribution >= 4 is 56.4 Å². The van der Waals surface area contributed by atoms with Gasteiger partial charge in [-0.25, -0.2) is 8.42 Å². The van der Waals surface area contributed by atoms with E-state index in [-0.39, 0.29) is 11.4 Å². The van der Waals surface area contributed by atoms with Crippen LogP contribution in [0, 0.1) is 13.8 Å². The van der Waals surface area contributed by atoms with Gasteiger partial charge in [-0.15, -0.1) is 0 Å². The molecule has 3 aromatic carbocycles. The van der Waals surface area contributed by atoms with Gasteiger partial charge in [0.2, 0.25) is 15.9 Å². The molecule has 0 fully saturated rings. The number of hydrogen-bond acceptors (Lipinski definition) is 3. The lowest BCUT2D eigenvalue weighted by atomic mass is 10.2. The highest BCUT2D eigenvalue weighted by atomic mass is 35.5. The number of benzene rings is 3. The van der Waals surface area contributed by atoms with Crippen molar-refractivity contribution in [3.8, 4) is 0 Å². The van der Waals surface area contributed by atoms with E-state index in [1.165, 1.54) is 12.1 Å². The van der Waals surface area contributed by atoms with Crippen LogP contribution >= 0.6 is 34.8 Å². The van der Waals surface area contributed by atoms with Crippen molar-refractivity contribution in [2.75, 3.05) is 11.9 Å². The third-order valence-electron chi connectivity index (χ3n) is 4.78. The zero-order valence-electron chi connectivity index (χ0n) is 17.4. The minimum absolute atomic E-state index is 0.0554. The third kappa shape index (κ3) is 6.03. The van der Waals surface area contributed by atoms with E-state index in [0.29, 0.717) is 26.3 Å². The topological polar surface area (TPSA) is 66.5 Å². The Morgan fingerprint density at radius 3 is 2.22 bits per heavy atom. The minimum atomic E-state index is -3.97. The maximum Gasteiger partial charge on any atom is 0.243 e. The van der Waals surface area contributed by atoms with Crippen molar-refractivity contribution < 1.29 is 13.2 Å².